The fourth-order valence-corrected chi connectivity index (χ4v) is 3.92. The number of para-hydroxylation sites is 1. The first-order valence-electron chi connectivity index (χ1n) is 8.79. The highest BCUT2D eigenvalue weighted by Crippen LogP contribution is 2.22. The number of rotatable bonds is 6. The zero-order valence-electron chi connectivity index (χ0n) is 15.9. The van der Waals surface area contributed by atoms with Gasteiger partial charge in [0.25, 0.3) is 15.9 Å². The van der Waals surface area contributed by atoms with Gasteiger partial charge in [0.1, 0.15) is 5.82 Å². The number of sulfonamides is 1. The van der Waals surface area contributed by atoms with E-state index in [1.807, 2.05) is 19.9 Å². The van der Waals surface area contributed by atoms with E-state index >= 15 is 0 Å². The molecule has 1 N–H and O–H groups in total. The first-order chi connectivity index (χ1) is 13.3. The standard InChI is InChI=1S/C20H22N4O3S/c1-15(2)24-19(13-14-21-24)22-20(25)16-9-11-18(12-10-16)28(26,27)23(3)17-7-5-4-6-8-17/h4-15H,1-3H3,(H,22,25). The van der Waals surface area contributed by atoms with Gasteiger partial charge in [-0.1, -0.05) is 18.2 Å². The topological polar surface area (TPSA) is 84.3 Å². The van der Waals surface area contributed by atoms with Crippen molar-refractivity contribution in [3.05, 3.63) is 72.4 Å². The molecule has 0 aliphatic heterocycles. The number of carbonyl (C=O) groups excluding carboxylic acids is 1. The lowest BCUT2D eigenvalue weighted by molar-refractivity contribution is 0.102. The Hall–Kier alpha value is -3.13. The minimum atomic E-state index is -3.71. The summed E-state index contributed by atoms with van der Waals surface area (Å²) in [4.78, 5) is 12.6. The van der Waals surface area contributed by atoms with Crippen molar-refractivity contribution < 1.29 is 13.2 Å². The van der Waals surface area contributed by atoms with Crippen LogP contribution in [-0.4, -0.2) is 31.2 Å². The fourth-order valence-electron chi connectivity index (χ4n) is 2.73. The van der Waals surface area contributed by atoms with E-state index in [0.29, 0.717) is 17.1 Å². The lowest BCUT2D eigenvalue weighted by Gasteiger charge is -2.19. The number of amides is 1. The molecule has 28 heavy (non-hydrogen) atoms. The summed E-state index contributed by atoms with van der Waals surface area (Å²) in [6.07, 6.45) is 1.62. The second-order valence-electron chi connectivity index (χ2n) is 6.54. The molecule has 0 aliphatic rings. The van der Waals surface area contributed by atoms with Gasteiger partial charge in [0.05, 0.1) is 16.8 Å². The van der Waals surface area contributed by atoms with E-state index in [1.54, 1.807) is 41.2 Å². The third-order valence-corrected chi connectivity index (χ3v) is 6.10. The molecule has 0 spiro atoms. The van der Waals surface area contributed by atoms with Gasteiger partial charge in [-0.25, -0.2) is 13.1 Å². The Bertz CT molecular complexity index is 1060. The quantitative estimate of drug-likeness (QED) is 0.688. The highest BCUT2D eigenvalue weighted by atomic mass is 32.2. The first kappa shape index (κ1) is 19.6. The summed E-state index contributed by atoms with van der Waals surface area (Å²) in [5.74, 6) is 0.253. The van der Waals surface area contributed by atoms with Crippen LogP contribution in [0.2, 0.25) is 0 Å². The van der Waals surface area contributed by atoms with Crippen LogP contribution in [0, 0.1) is 0 Å². The van der Waals surface area contributed by atoms with Crippen LogP contribution in [0.15, 0.2) is 71.8 Å². The molecule has 1 aromatic heterocycles. The minimum absolute atomic E-state index is 0.103. The molecule has 0 bridgehead atoms. The van der Waals surface area contributed by atoms with E-state index in [9.17, 15) is 13.2 Å². The normalized spacial score (nSPS) is 11.4. The summed E-state index contributed by atoms with van der Waals surface area (Å²) in [5.41, 5.74) is 0.920. The number of nitrogens with one attached hydrogen (secondary N) is 1. The summed E-state index contributed by atoms with van der Waals surface area (Å²) in [6.45, 7) is 3.93. The predicted octanol–water partition coefficient (Wildman–Crippen LogP) is 3.54. The molecule has 0 saturated heterocycles. The molecule has 1 amide bonds. The van der Waals surface area contributed by atoms with Gasteiger partial charge in [0.15, 0.2) is 0 Å². The van der Waals surface area contributed by atoms with E-state index in [1.165, 1.54) is 35.6 Å². The third kappa shape index (κ3) is 3.91. The largest absolute Gasteiger partial charge is 0.307 e. The number of hydrogen-bond donors (Lipinski definition) is 1. The van der Waals surface area contributed by atoms with Crippen molar-refractivity contribution in [2.45, 2.75) is 24.8 Å². The molecule has 2 aromatic carbocycles. The van der Waals surface area contributed by atoms with Gasteiger partial charge >= 0.3 is 0 Å². The second-order valence-corrected chi connectivity index (χ2v) is 8.51. The van der Waals surface area contributed by atoms with Crippen LogP contribution in [-0.2, 0) is 10.0 Å². The SMILES string of the molecule is CC(C)n1nccc1NC(=O)c1ccc(S(=O)(=O)N(C)c2ccccc2)cc1. The maximum absolute atomic E-state index is 12.8. The molecule has 0 aliphatic carbocycles. The highest BCUT2D eigenvalue weighted by molar-refractivity contribution is 7.92. The van der Waals surface area contributed by atoms with Crippen LogP contribution in [0.3, 0.4) is 0 Å². The van der Waals surface area contributed by atoms with Crippen molar-refractivity contribution in [3.63, 3.8) is 0 Å². The molecular formula is C20H22N4O3S. The van der Waals surface area contributed by atoms with E-state index in [-0.39, 0.29) is 16.8 Å². The molecule has 8 heteroatoms. The number of carbonyl (C=O) groups is 1. The van der Waals surface area contributed by atoms with E-state index in [4.69, 9.17) is 0 Å². The average Bonchev–Trinajstić information content (AvgIpc) is 3.16. The Morgan fingerprint density at radius 1 is 1.04 bits per heavy atom. The van der Waals surface area contributed by atoms with Gasteiger partial charge in [-0.2, -0.15) is 5.10 Å². The highest BCUT2D eigenvalue weighted by Gasteiger charge is 2.21. The lowest BCUT2D eigenvalue weighted by atomic mass is 10.2. The zero-order valence-corrected chi connectivity index (χ0v) is 16.7. The maximum Gasteiger partial charge on any atom is 0.264 e. The van der Waals surface area contributed by atoms with Gasteiger partial charge in [0.2, 0.25) is 0 Å². The first-order valence-corrected chi connectivity index (χ1v) is 10.2. The van der Waals surface area contributed by atoms with Crippen LogP contribution in [0.1, 0.15) is 30.2 Å². The second kappa shape index (κ2) is 7.85. The van der Waals surface area contributed by atoms with Gasteiger partial charge in [0, 0.05) is 24.7 Å². The predicted molar refractivity (Wildman–Crippen MR) is 109 cm³/mol. The molecule has 0 radical (unpaired) electrons. The number of aromatic nitrogens is 2. The summed E-state index contributed by atoms with van der Waals surface area (Å²) in [6, 6.07) is 16.5. The molecule has 7 nitrogen and oxygen atoms in total. The maximum atomic E-state index is 12.8. The molecule has 1 heterocycles. The Kier molecular flexibility index (Phi) is 5.51. The van der Waals surface area contributed by atoms with Crippen molar-refractivity contribution in [1.29, 1.82) is 0 Å². The minimum Gasteiger partial charge on any atom is -0.307 e. The Balaban J connectivity index is 1.79. The van der Waals surface area contributed by atoms with E-state index in [2.05, 4.69) is 10.4 Å². The lowest BCUT2D eigenvalue weighted by Crippen LogP contribution is -2.26. The molecule has 0 atom stereocenters. The third-order valence-electron chi connectivity index (χ3n) is 4.30. The molecule has 0 fully saturated rings. The van der Waals surface area contributed by atoms with Crippen LogP contribution in [0.5, 0.6) is 0 Å². The van der Waals surface area contributed by atoms with Crippen molar-refractivity contribution in [2.75, 3.05) is 16.7 Å². The molecule has 3 aromatic rings. The van der Waals surface area contributed by atoms with Crippen LogP contribution < -0.4 is 9.62 Å². The molecule has 0 saturated carbocycles. The van der Waals surface area contributed by atoms with E-state index < -0.39 is 10.0 Å². The zero-order chi connectivity index (χ0) is 20.3. The number of hydrogen-bond acceptors (Lipinski definition) is 4. The van der Waals surface area contributed by atoms with Crippen molar-refractivity contribution in [1.82, 2.24) is 9.78 Å². The van der Waals surface area contributed by atoms with Crippen LogP contribution >= 0.6 is 0 Å². The average molecular weight is 398 g/mol. The number of nitrogens with zero attached hydrogens (tertiary/aromatic N) is 3. The van der Waals surface area contributed by atoms with E-state index in [0.717, 1.165) is 0 Å². The molecule has 0 unspecified atom stereocenters. The van der Waals surface area contributed by atoms with Gasteiger partial charge < -0.3 is 5.32 Å². The van der Waals surface area contributed by atoms with Crippen molar-refractivity contribution in [3.8, 4) is 0 Å². The number of benzene rings is 2. The molecule has 146 valence electrons. The summed E-state index contributed by atoms with van der Waals surface area (Å²) in [7, 11) is -2.22. The van der Waals surface area contributed by atoms with Gasteiger partial charge in [-0.3, -0.25) is 9.10 Å². The molecule has 3 rings (SSSR count). The van der Waals surface area contributed by atoms with Crippen molar-refractivity contribution >= 4 is 27.4 Å². The van der Waals surface area contributed by atoms with Gasteiger partial charge in [-0.05, 0) is 50.2 Å². The van der Waals surface area contributed by atoms with Crippen LogP contribution in [0.25, 0.3) is 0 Å². The summed E-state index contributed by atoms with van der Waals surface area (Å²) >= 11 is 0. The van der Waals surface area contributed by atoms with Crippen LogP contribution in [0.4, 0.5) is 11.5 Å². The number of anilines is 2. The monoisotopic (exact) mass is 398 g/mol. The Labute approximate surface area is 164 Å². The van der Waals surface area contributed by atoms with Gasteiger partial charge in [-0.15, -0.1) is 0 Å². The summed E-state index contributed by atoms with van der Waals surface area (Å²) in [5, 5.41) is 6.97. The molecular weight excluding hydrogens is 376 g/mol. The Morgan fingerprint density at radius 3 is 2.29 bits per heavy atom. The fraction of sp³-hybridized carbons (Fsp3) is 0.200. The van der Waals surface area contributed by atoms with Crippen molar-refractivity contribution in [2.24, 2.45) is 0 Å². The smallest absolute Gasteiger partial charge is 0.264 e. The summed E-state index contributed by atoms with van der Waals surface area (Å²) < 4.78 is 28.5. The Morgan fingerprint density at radius 2 is 1.68 bits per heavy atom.